The monoisotopic (exact) mass is 458 g/mol. The first-order valence-electron chi connectivity index (χ1n) is 9.69. The number of ether oxygens (including phenoxy) is 2. The van der Waals surface area contributed by atoms with Gasteiger partial charge in [-0.15, -0.1) is 0 Å². The molecule has 2 N–H and O–H groups in total. The second-order valence-corrected chi connectivity index (χ2v) is 8.97. The molecule has 2 heterocycles. The van der Waals surface area contributed by atoms with Crippen molar-refractivity contribution in [1.29, 1.82) is 0 Å². The molecular weight excluding hydrogens is 434 g/mol. The van der Waals surface area contributed by atoms with Gasteiger partial charge in [-0.2, -0.15) is 13.1 Å². The molecule has 9 nitrogen and oxygen atoms in total. The first-order chi connectivity index (χ1) is 14.8. The minimum absolute atomic E-state index is 0.0617. The summed E-state index contributed by atoms with van der Waals surface area (Å²) in [5.74, 6) is 0.488. The Bertz CT molecular complexity index is 954. The van der Waals surface area contributed by atoms with Crippen LogP contribution in [0.15, 0.2) is 41.6 Å². The van der Waals surface area contributed by atoms with Crippen molar-refractivity contribution >= 4 is 16.0 Å². The van der Waals surface area contributed by atoms with Crippen molar-refractivity contribution in [3.8, 4) is 11.5 Å². The molecule has 1 atom stereocenters. The molecule has 0 amide bonds. The molecule has 1 saturated heterocycles. The lowest BCUT2D eigenvalue weighted by atomic mass is 10.1. The van der Waals surface area contributed by atoms with Crippen LogP contribution in [0.1, 0.15) is 19.8 Å². The van der Waals surface area contributed by atoms with E-state index in [0.717, 1.165) is 12.4 Å². The summed E-state index contributed by atoms with van der Waals surface area (Å²) >= 11 is 0. The third-order valence-corrected chi connectivity index (χ3v) is 6.57. The number of hydrogen-bond donors (Lipinski definition) is 2. The smallest absolute Gasteiger partial charge is 0.387 e. The standard InChI is InChI=1S/C19H24F2N4O5S/c1-13(12-26)29-15-3-2-4-17(9-15)31(27,28)25-7-5-14(6-8-25)24-19-22-10-16(11-23-19)30-18(20)21/h2-4,9-11,13-14,18,26H,5-8,12H2,1H3,(H,22,23,24)/t13-/m0/s1. The van der Waals surface area contributed by atoms with Crippen molar-refractivity contribution in [2.24, 2.45) is 0 Å². The molecule has 1 aliphatic heterocycles. The van der Waals surface area contributed by atoms with Crippen molar-refractivity contribution in [2.45, 2.75) is 43.4 Å². The lowest BCUT2D eigenvalue weighted by molar-refractivity contribution is -0.0503. The SMILES string of the molecule is C[C@@H](CO)Oc1cccc(S(=O)(=O)N2CCC(Nc3ncc(OC(F)F)cn3)CC2)c1. The van der Waals surface area contributed by atoms with Gasteiger partial charge in [0.1, 0.15) is 11.9 Å². The molecule has 1 aliphatic rings. The molecule has 3 rings (SSSR count). The third kappa shape index (κ3) is 6.21. The zero-order valence-corrected chi connectivity index (χ0v) is 17.6. The number of anilines is 1. The average molecular weight is 458 g/mol. The molecule has 0 saturated carbocycles. The van der Waals surface area contributed by atoms with E-state index in [0.29, 0.717) is 31.7 Å². The maximum atomic E-state index is 13.0. The number of benzene rings is 1. The quantitative estimate of drug-likeness (QED) is 0.587. The molecule has 1 aromatic heterocycles. The van der Waals surface area contributed by atoms with Gasteiger partial charge in [-0.1, -0.05) is 6.07 Å². The Morgan fingerprint density at radius 2 is 1.87 bits per heavy atom. The summed E-state index contributed by atoms with van der Waals surface area (Å²) in [6, 6.07) is 6.13. The number of aliphatic hydroxyl groups is 1. The molecule has 2 aromatic rings. The van der Waals surface area contributed by atoms with Crippen molar-refractivity contribution in [3.05, 3.63) is 36.7 Å². The lowest BCUT2D eigenvalue weighted by Crippen LogP contribution is -2.42. The van der Waals surface area contributed by atoms with Gasteiger partial charge in [0.15, 0.2) is 5.75 Å². The van der Waals surface area contributed by atoms with E-state index in [2.05, 4.69) is 20.0 Å². The van der Waals surface area contributed by atoms with Crippen LogP contribution in [0.5, 0.6) is 11.5 Å². The number of rotatable bonds is 9. The minimum Gasteiger partial charge on any atom is -0.488 e. The van der Waals surface area contributed by atoms with E-state index in [1.807, 2.05) is 0 Å². The van der Waals surface area contributed by atoms with Gasteiger partial charge >= 0.3 is 6.61 Å². The molecule has 12 heteroatoms. The highest BCUT2D eigenvalue weighted by Gasteiger charge is 2.30. The predicted octanol–water partition coefficient (Wildman–Crippen LogP) is 2.10. The Balaban J connectivity index is 1.58. The number of nitrogens with zero attached hydrogens (tertiary/aromatic N) is 3. The van der Waals surface area contributed by atoms with Gasteiger partial charge in [-0.05, 0) is 31.9 Å². The molecule has 1 aromatic carbocycles. The van der Waals surface area contributed by atoms with E-state index >= 15 is 0 Å². The molecule has 0 bridgehead atoms. The van der Waals surface area contributed by atoms with Gasteiger partial charge < -0.3 is 19.9 Å². The van der Waals surface area contributed by atoms with Gasteiger partial charge in [0.25, 0.3) is 0 Å². The van der Waals surface area contributed by atoms with E-state index in [-0.39, 0.29) is 29.2 Å². The fourth-order valence-corrected chi connectivity index (χ4v) is 4.61. The topological polar surface area (TPSA) is 114 Å². The van der Waals surface area contributed by atoms with E-state index in [9.17, 15) is 17.2 Å². The van der Waals surface area contributed by atoms with Crippen LogP contribution < -0.4 is 14.8 Å². The van der Waals surface area contributed by atoms with E-state index < -0.39 is 22.7 Å². The molecule has 1 fully saturated rings. The molecule has 0 spiro atoms. The molecule has 0 aliphatic carbocycles. The van der Waals surface area contributed by atoms with Crippen LogP contribution in [0, 0.1) is 0 Å². The predicted molar refractivity (Wildman–Crippen MR) is 108 cm³/mol. The highest BCUT2D eigenvalue weighted by atomic mass is 32.2. The van der Waals surface area contributed by atoms with Gasteiger partial charge in [0, 0.05) is 25.2 Å². The van der Waals surface area contributed by atoms with Gasteiger partial charge in [-0.3, -0.25) is 0 Å². The first kappa shape index (κ1) is 23.1. The van der Waals surface area contributed by atoms with Crippen molar-refractivity contribution in [1.82, 2.24) is 14.3 Å². The Morgan fingerprint density at radius 1 is 1.19 bits per heavy atom. The minimum atomic E-state index is -3.70. The van der Waals surface area contributed by atoms with Crippen LogP contribution in [0.25, 0.3) is 0 Å². The molecule has 0 unspecified atom stereocenters. The van der Waals surface area contributed by atoms with E-state index in [1.54, 1.807) is 19.1 Å². The Labute approximate surface area is 179 Å². The second-order valence-electron chi connectivity index (χ2n) is 7.03. The van der Waals surface area contributed by atoms with Gasteiger partial charge in [0.05, 0.1) is 23.9 Å². The van der Waals surface area contributed by atoms with Crippen molar-refractivity contribution in [3.63, 3.8) is 0 Å². The highest BCUT2D eigenvalue weighted by Crippen LogP contribution is 2.25. The summed E-state index contributed by atoms with van der Waals surface area (Å²) in [5, 5.41) is 12.2. The first-order valence-corrected chi connectivity index (χ1v) is 11.1. The summed E-state index contributed by atoms with van der Waals surface area (Å²) < 4.78 is 61.4. The van der Waals surface area contributed by atoms with Crippen LogP contribution in [-0.2, 0) is 10.0 Å². The number of piperidine rings is 1. The number of aromatic nitrogens is 2. The molecular formula is C19H24F2N4O5S. The number of nitrogens with one attached hydrogen (secondary N) is 1. The van der Waals surface area contributed by atoms with Crippen LogP contribution >= 0.6 is 0 Å². The zero-order valence-electron chi connectivity index (χ0n) is 16.8. The fraction of sp³-hybridized carbons (Fsp3) is 0.474. The highest BCUT2D eigenvalue weighted by molar-refractivity contribution is 7.89. The van der Waals surface area contributed by atoms with E-state index in [4.69, 9.17) is 9.84 Å². The number of hydrogen-bond acceptors (Lipinski definition) is 8. The number of sulfonamides is 1. The summed E-state index contributed by atoms with van der Waals surface area (Å²) in [6.45, 7) is -0.848. The largest absolute Gasteiger partial charge is 0.488 e. The average Bonchev–Trinajstić information content (AvgIpc) is 2.75. The number of aliphatic hydroxyl groups excluding tert-OH is 1. The summed E-state index contributed by atoms with van der Waals surface area (Å²) in [5.41, 5.74) is 0. The summed E-state index contributed by atoms with van der Waals surface area (Å²) in [4.78, 5) is 8.00. The Hall–Kier alpha value is -2.57. The maximum absolute atomic E-state index is 13.0. The zero-order chi connectivity index (χ0) is 22.4. The second kappa shape index (κ2) is 10.2. The summed E-state index contributed by atoms with van der Waals surface area (Å²) in [7, 11) is -3.70. The summed E-state index contributed by atoms with van der Waals surface area (Å²) in [6.07, 6.45) is 2.89. The Kier molecular flexibility index (Phi) is 7.57. The molecule has 0 radical (unpaired) electrons. The molecule has 170 valence electrons. The maximum Gasteiger partial charge on any atom is 0.387 e. The molecule has 31 heavy (non-hydrogen) atoms. The van der Waals surface area contributed by atoms with Crippen molar-refractivity contribution < 1.29 is 31.8 Å². The normalized spacial score (nSPS) is 16.8. The lowest BCUT2D eigenvalue weighted by Gasteiger charge is -2.31. The third-order valence-electron chi connectivity index (χ3n) is 4.68. The van der Waals surface area contributed by atoms with Crippen LogP contribution in [0.2, 0.25) is 0 Å². The van der Waals surface area contributed by atoms with Crippen LogP contribution in [0.3, 0.4) is 0 Å². The van der Waals surface area contributed by atoms with Crippen LogP contribution in [-0.4, -0.2) is 66.3 Å². The van der Waals surface area contributed by atoms with E-state index in [1.165, 1.54) is 16.4 Å². The van der Waals surface area contributed by atoms with Crippen molar-refractivity contribution in [2.75, 3.05) is 25.0 Å². The Morgan fingerprint density at radius 3 is 2.48 bits per heavy atom. The van der Waals surface area contributed by atoms with Crippen LogP contribution in [0.4, 0.5) is 14.7 Å². The van der Waals surface area contributed by atoms with Gasteiger partial charge in [-0.25, -0.2) is 18.4 Å². The fourth-order valence-electron chi connectivity index (χ4n) is 3.10. The number of alkyl halides is 2. The van der Waals surface area contributed by atoms with Gasteiger partial charge in [0.2, 0.25) is 16.0 Å². The number of halogens is 2.